The number of rotatable bonds is 4. The van der Waals surface area contributed by atoms with Crippen LogP contribution in [0.2, 0.25) is 0 Å². The lowest BCUT2D eigenvalue weighted by molar-refractivity contribution is 0.174. The van der Waals surface area contributed by atoms with E-state index in [1.54, 1.807) is 12.4 Å². The summed E-state index contributed by atoms with van der Waals surface area (Å²) < 4.78 is 2.04. The molecule has 2 heterocycles. The van der Waals surface area contributed by atoms with Gasteiger partial charge in [0.25, 0.3) is 0 Å². The molecule has 0 aliphatic carbocycles. The van der Waals surface area contributed by atoms with E-state index in [0.29, 0.717) is 6.42 Å². The van der Waals surface area contributed by atoms with Crippen LogP contribution in [0.4, 0.5) is 0 Å². The van der Waals surface area contributed by atoms with E-state index in [-0.39, 0.29) is 0 Å². The van der Waals surface area contributed by atoms with E-state index in [4.69, 9.17) is 0 Å². The SMILES string of the molecule is CCn1ccnc1CC(O)c1ccnc(C)c1. The van der Waals surface area contributed by atoms with Crippen molar-refractivity contribution in [1.82, 2.24) is 14.5 Å². The molecule has 0 bridgehead atoms. The molecule has 0 fully saturated rings. The molecular weight excluding hydrogens is 214 g/mol. The van der Waals surface area contributed by atoms with Gasteiger partial charge in [-0.2, -0.15) is 0 Å². The van der Waals surface area contributed by atoms with E-state index >= 15 is 0 Å². The number of imidazole rings is 1. The Bertz CT molecular complexity index is 493. The molecule has 4 heteroatoms. The molecule has 4 nitrogen and oxygen atoms in total. The van der Waals surface area contributed by atoms with Gasteiger partial charge in [0.1, 0.15) is 5.82 Å². The second kappa shape index (κ2) is 5.10. The molecule has 0 amide bonds. The predicted octanol–water partition coefficient (Wildman–Crippen LogP) is 1.88. The number of hydrogen-bond acceptors (Lipinski definition) is 3. The van der Waals surface area contributed by atoms with Crippen molar-refractivity contribution in [2.24, 2.45) is 0 Å². The summed E-state index contributed by atoms with van der Waals surface area (Å²) in [5, 5.41) is 10.2. The first-order chi connectivity index (χ1) is 8.20. The van der Waals surface area contributed by atoms with Crippen LogP contribution in [0.15, 0.2) is 30.7 Å². The summed E-state index contributed by atoms with van der Waals surface area (Å²) in [7, 11) is 0. The first kappa shape index (κ1) is 11.8. The minimum Gasteiger partial charge on any atom is -0.388 e. The van der Waals surface area contributed by atoms with Gasteiger partial charge in [-0.1, -0.05) is 0 Å². The number of nitrogens with zero attached hydrogens (tertiary/aromatic N) is 3. The monoisotopic (exact) mass is 231 g/mol. The van der Waals surface area contributed by atoms with Gasteiger partial charge in [-0.3, -0.25) is 4.98 Å². The van der Waals surface area contributed by atoms with Gasteiger partial charge in [0.2, 0.25) is 0 Å². The van der Waals surface area contributed by atoms with Crippen LogP contribution in [-0.2, 0) is 13.0 Å². The van der Waals surface area contributed by atoms with Crippen LogP contribution in [0.1, 0.15) is 30.1 Å². The van der Waals surface area contributed by atoms with E-state index in [0.717, 1.165) is 23.6 Å². The maximum atomic E-state index is 10.2. The van der Waals surface area contributed by atoms with Gasteiger partial charge < -0.3 is 9.67 Å². The third kappa shape index (κ3) is 2.71. The highest BCUT2D eigenvalue weighted by Crippen LogP contribution is 2.17. The number of pyridine rings is 1. The van der Waals surface area contributed by atoms with E-state index in [2.05, 4.69) is 16.9 Å². The summed E-state index contributed by atoms with van der Waals surface area (Å²) in [6, 6.07) is 3.75. The van der Waals surface area contributed by atoms with Crippen LogP contribution in [0.25, 0.3) is 0 Å². The summed E-state index contributed by atoms with van der Waals surface area (Å²) in [5.41, 5.74) is 1.81. The zero-order valence-corrected chi connectivity index (χ0v) is 10.2. The fraction of sp³-hybridized carbons (Fsp3) is 0.385. The molecule has 2 aromatic rings. The minimum atomic E-state index is -0.524. The molecule has 1 unspecified atom stereocenters. The molecule has 0 aliphatic rings. The molecule has 0 saturated carbocycles. The summed E-state index contributed by atoms with van der Waals surface area (Å²) in [6.07, 6.45) is 5.43. The van der Waals surface area contributed by atoms with E-state index in [9.17, 15) is 5.11 Å². The van der Waals surface area contributed by atoms with Crippen molar-refractivity contribution < 1.29 is 5.11 Å². The van der Waals surface area contributed by atoms with Crippen LogP contribution < -0.4 is 0 Å². The van der Waals surface area contributed by atoms with E-state index in [1.807, 2.05) is 29.8 Å². The Kier molecular flexibility index (Phi) is 3.54. The Balaban J connectivity index is 2.14. The lowest BCUT2D eigenvalue weighted by atomic mass is 10.1. The maximum Gasteiger partial charge on any atom is 0.111 e. The molecule has 90 valence electrons. The molecule has 0 spiro atoms. The van der Waals surface area contributed by atoms with Crippen molar-refractivity contribution in [2.75, 3.05) is 0 Å². The van der Waals surface area contributed by atoms with Gasteiger partial charge in [0.15, 0.2) is 0 Å². The molecule has 0 radical (unpaired) electrons. The Labute approximate surface area is 101 Å². The second-order valence-electron chi connectivity index (χ2n) is 4.08. The van der Waals surface area contributed by atoms with Gasteiger partial charge in [0, 0.05) is 37.3 Å². The van der Waals surface area contributed by atoms with Crippen LogP contribution in [0, 0.1) is 6.92 Å². The number of aromatic nitrogens is 3. The average molecular weight is 231 g/mol. The topological polar surface area (TPSA) is 50.9 Å². The summed E-state index contributed by atoms with van der Waals surface area (Å²) >= 11 is 0. The van der Waals surface area contributed by atoms with Crippen molar-refractivity contribution in [3.05, 3.63) is 47.8 Å². The molecule has 1 N–H and O–H groups in total. The molecule has 1 atom stereocenters. The molecule has 0 aromatic carbocycles. The first-order valence-corrected chi connectivity index (χ1v) is 5.81. The average Bonchev–Trinajstić information content (AvgIpc) is 2.76. The molecule has 2 rings (SSSR count). The van der Waals surface area contributed by atoms with Gasteiger partial charge in [0.05, 0.1) is 6.10 Å². The zero-order valence-electron chi connectivity index (χ0n) is 10.2. The van der Waals surface area contributed by atoms with Gasteiger partial charge >= 0.3 is 0 Å². The highest BCUT2D eigenvalue weighted by Gasteiger charge is 2.12. The zero-order chi connectivity index (χ0) is 12.3. The van der Waals surface area contributed by atoms with Crippen molar-refractivity contribution in [3.8, 4) is 0 Å². The molecule has 0 saturated heterocycles. The van der Waals surface area contributed by atoms with Crippen LogP contribution >= 0.6 is 0 Å². The Hall–Kier alpha value is -1.68. The van der Waals surface area contributed by atoms with Crippen molar-refractivity contribution in [2.45, 2.75) is 32.9 Å². The Morgan fingerprint density at radius 1 is 1.35 bits per heavy atom. The number of aryl methyl sites for hydroxylation is 2. The van der Waals surface area contributed by atoms with Crippen molar-refractivity contribution >= 4 is 0 Å². The van der Waals surface area contributed by atoms with E-state index in [1.165, 1.54) is 0 Å². The van der Waals surface area contributed by atoms with Gasteiger partial charge in [-0.05, 0) is 31.5 Å². The fourth-order valence-electron chi connectivity index (χ4n) is 1.88. The summed E-state index contributed by atoms with van der Waals surface area (Å²) in [6.45, 7) is 4.86. The van der Waals surface area contributed by atoms with Crippen LogP contribution in [0.5, 0.6) is 0 Å². The third-order valence-electron chi connectivity index (χ3n) is 2.82. The highest BCUT2D eigenvalue weighted by molar-refractivity contribution is 5.19. The first-order valence-electron chi connectivity index (χ1n) is 5.81. The standard InChI is InChI=1S/C13H17N3O/c1-3-16-7-6-15-13(16)9-12(17)11-4-5-14-10(2)8-11/h4-8,12,17H,3,9H2,1-2H3. The Morgan fingerprint density at radius 2 is 2.18 bits per heavy atom. The Morgan fingerprint density at radius 3 is 2.88 bits per heavy atom. The minimum absolute atomic E-state index is 0.524. The molecule has 0 aliphatic heterocycles. The summed E-state index contributed by atoms with van der Waals surface area (Å²) in [5.74, 6) is 0.912. The van der Waals surface area contributed by atoms with E-state index < -0.39 is 6.10 Å². The van der Waals surface area contributed by atoms with Crippen LogP contribution in [0.3, 0.4) is 0 Å². The lowest BCUT2D eigenvalue weighted by Crippen LogP contribution is -2.08. The normalized spacial score (nSPS) is 12.6. The molecule has 2 aromatic heterocycles. The van der Waals surface area contributed by atoms with Crippen molar-refractivity contribution in [1.29, 1.82) is 0 Å². The number of aliphatic hydroxyl groups is 1. The summed E-state index contributed by atoms with van der Waals surface area (Å²) in [4.78, 5) is 8.38. The van der Waals surface area contributed by atoms with Gasteiger partial charge in [-0.15, -0.1) is 0 Å². The lowest BCUT2D eigenvalue weighted by Gasteiger charge is -2.12. The predicted molar refractivity (Wildman–Crippen MR) is 65.5 cm³/mol. The smallest absolute Gasteiger partial charge is 0.111 e. The van der Waals surface area contributed by atoms with Crippen molar-refractivity contribution in [3.63, 3.8) is 0 Å². The third-order valence-corrected chi connectivity index (χ3v) is 2.82. The number of aliphatic hydroxyl groups excluding tert-OH is 1. The maximum absolute atomic E-state index is 10.2. The quantitative estimate of drug-likeness (QED) is 0.874. The largest absolute Gasteiger partial charge is 0.388 e. The second-order valence-corrected chi connectivity index (χ2v) is 4.08. The number of hydrogen-bond donors (Lipinski definition) is 1. The van der Waals surface area contributed by atoms with Crippen LogP contribution in [-0.4, -0.2) is 19.6 Å². The molecular formula is C13H17N3O. The van der Waals surface area contributed by atoms with Gasteiger partial charge in [-0.25, -0.2) is 4.98 Å². The highest BCUT2D eigenvalue weighted by atomic mass is 16.3. The fourth-order valence-corrected chi connectivity index (χ4v) is 1.88. The molecule has 17 heavy (non-hydrogen) atoms.